The fourth-order valence-electron chi connectivity index (χ4n) is 2.83. The van der Waals surface area contributed by atoms with Crippen molar-refractivity contribution in [3.63, 3.8) is 0 Å². The van der Waals surface area contributed by atoms with Gasteiger partial charge in [0.2, 0.25) is 11.8 Å². The lowest BCUT2D eigenvalue weighted by molar-refractivity contribution is -0.131. The van der Waals surface area contributed by atoms with Crippen LogP contribution in [0.15, 0.2) is 0 Å². The molecule has 0 aromatic heterocycles. The van der Waals surface area contributed by atoms with Gasteiger partial charge >= 0.3 is 0 Å². The van der Waals surface area contributed by atoms with Gasteiger partial charge in [-0.3, -0.25) is 9.59 Å². The molecule has 3 unspecified atom stereocenters. The Balaban J connectivity index is 2.28. The van der Waals surface area contributed by atoms with Crippen molar-refractivity contribution >= 4 is 11.8 Å². The van der Waals surface area contributed by atoms with Crippen LogP contribution in [-0.4, -0.2) is 42.4 Å². The van der Waals surface area contributed by atoms with E-state index in [1.165, 1.54) is 0 Å². The lowest BCUT2D eigenvalue weighted by atomic mass is 9.79. The number of carbonyl (C=O) groups is 2. The molecule has 0 spiro atoms. The predicted molar refractivity (Wildman–Crippen MR) is 80.0 cm³/mol. The molecule has 0 bridgehead atoms. The van der Waals surface area contributed by atoms with Crippen LogP contribution in [0.4, 0.5) is 0 Å². The van der Waals surface area contributed by atoms with E-state index in [-0.39, 0.29) is 23.8 Å². The van der Waals surface area contributed by atoms with E-state index < -0.39 is 0 Å². The Morgan fingerprint density at radius 3 is 2.45 bits per heavy atom. The Hall–Kier alpha value is -1.10. The number of nitrogens with zero attached hydrogens (tertiary/aromatic N) is 1. The third-order valence-corrected chi connectivity index (χ3v) is 4.36. The summed E-state index contributed by atoms with van der Waals surface area (Å²) in [6.45, 7) is 7.92. The monoisotopic (exact) mass is 283 g/mol. The fourth-order valence-corrected chi connectivity index (χ4v) is 2.83. The highest BCUT2D eigenvalue weighted by atomic mass is 16.2. The molecule has 20 heavy (non-hydrogen) atoms. The van der Waals surface area contributed by atoms with E-state index >= 15 is 0 Å². The minimum Gasteiger partial charge on any atom is -0.355 e. The molecule has 1 saturated carbocycles. The molecule has 0 aromatic rings. The van der Waals surface area contributed by atoms with Crippen LogP contribution in [0.25, 0.3) is 0 Å². The normalized spacial score (nSPS) is 26.1. The van der Waals surface area contributed by atoms with Crippen molar-refractivity contribution < 1.29 is 9.59 Å². The van der Waals surface area contributed by atoms with Crippen LogP contribution in [-0.2, 0) is 9.59 Å². The Kier molecular flexibility index (Phi) is 6.99. The van der Waals surface area contributed by atoms with E-state index in [9.17, 15) is 9.59 Å². The van der Waals surface area contributed by atoms with Crippen molar-refractivity contribution in [2.75, 3.05) is 19.6 Å². The van der Waals surface area contributed by atoms with Gasteiger partial charge in [-0.05, 0) is 39.0 Å². The summed E-state index contributed by atoms with van der Waals surface area (Å²) < 4.78 is 0. The van der Waals surface area contributed by atoms with Crippen molar-refractivity contribution in [1.82, 2.24) is 10.2 Å². The summed E-state index contributed by atoms with van der Waals surface area (Å²) in [6, 6.07) is 0.225. The maximum Gasteiger partial charge on any atom is 0.224 e. The molecule has 0 aliphatic heterocycles. The summed E-state index contributed by atoms with van der Waals surface area (Å²) in [5, 5.41) is 2.89. The molecule has 116 valence electrons. The standard InChI is InChI=1S/C15H29N3O2/c1-4-18(5-2)14(19)8-9-17-15(20)12-6-7-13(16)11(3)10-12/h11-13H,4-10,16H2,1-3H3,(H,17,20). The lowest BCUT2D eigenvalue weighted by Gasteiger charge is -2.31. The minimum atomic E-state index is 0.0633. The summed E-state index contributed by atoms with van der Waals surface area (Å²) in [4.78, 5) is 25.7. The number of hydrogen-bond donors (Lipinski definition) is 2. The minimum absolute atomic E-state index is 0.0633. The first-order chi connectivity index (χ1) is 9.49. The second-order valence-corrected chi connectivity index (χ2v) is 5.76. The SMILES string of the molecule is CCN(CC)C(=O)CCNC(=O)C1CCC(N)C(C)C1. The van der Waals surface area contributed by atoms with E-state index in [0.29, 0.717) is 18.9 Å². The van der Waals surface area contributed by atoms with Crippen molar-refractivity contribution in [1.29, 1.82) is 0 Å². The molecule has 0 heterocycles. The van der Waals surface area contributed by atoms with Gasteiger partial charge in [-0.25, -0.2) is 0 Å². The first-order valence-corrected chi connectivity index (χ1v) is 7.80. The molecular weight excluding hydrogens is 254 g/mol. The van der Waals surface area contributed by atoms with Crippen molar-refractivity contribution in [2.45, 2.75) is 52.5 Å². The van der Waals surface area contributed by atoms with E-state index in [0.717, 1.165) is 32.4 Å². The van der Waals surface area contributed by atoms with Gasteiger partial charge in [0.1, 0.15) is 0 Å². The van der Waals surface area contributed by atoms with Gasteiger partial charge in [-0.15, -0.1) is 0 Å². The second kappa shape index (κ2) is 8.25. The smallest absolute Gasteiger partial charge is 0.224 e. The zero-order valence-electron chi connectivity index (χ0n) is 13.0. The summed E-state index contributed by atoms with van der Waals surface area (Å²) >= 11 is 0. The Bertz CT molecular complexity index is 329. The summed E-state index contributed by atoms with van der Waals surface area (Å²) in [7, 11) is 0. The van der Waals surface area contributed by atoms with Gasteiger partial charge in [0.15, 0.2) is 0 Å². The molecule has 1 rings (SSSR count). The van der Waals surface area contributed by atoms with Gasteiger partial charge in [0, 0.05) is 38.0 Å². The molecule has 2 amide bonds. The Morgan fingerprint density at radius 2 is 1.90 bits per heavy atom. The lowest BCUT2D eigenvalue weighted by Crippen LogP contribution is -2.41. The number of rotatable bonds is 6. The van der Waals surface area contributed by atoms with Gasteiger partial charge in [-0.1, -0.05) is 6.92 Å². The predicted octanol–water partition coefficient (Wildman–Crippen LogP) is 1.12. The van der Waals surface area contributed by atoms with Crippen LogP contribution < -0.4 is 11.1 Å². The molecule has 0 aromatic carbocycles. The third kappa shape index (κ3) is 4.78. The maximum absolute atomic E-state index is 12.1. The summed E-state index contributed by atoms with van der Waals surface area (Å²) in [5.74, 6) is 0.649. The first-order valence-electron chi connectivity index (χ1n) is 7.80. The van der Waals surface area contributed by atoms with Crippen LogP contribution in [0.5, 0.6) is 0 Å². The number of nitrogens with one attached hydrogen (secondary N) is 1. The summed E-state index contributed by atoms with van der Waals surface area (Å²) in [6.07, 6.45) is 3.02. The highest BCUT2D eigenvalue weighted by molar-refractivity contribution is 5.80. The molecule has 3 atom stereocenters. The molecule has 3 N–H and O–H groups in total. The van der Waals surface area contributed by atoms with Gasteiger partial charge < -0.3 is 16.0 Å². The quantitative estimate of drug-likeness (QED) is 0.767. The van der Waals surface area contributed by atoms with Crippen LogP contribution in [0.3, 0.4) is 0 Å². The van der Waals surface area contributed by atoms with Crippen LogP contribution in [0.2, 0.25) is 0 Å². The van der Waals surface area contributed by atoms with E-state index in [1.54, 1.807) is 4.90 Å². The summed E-state index contributed by atoms with van der Waals surface area (Å²) in [5.41, 5.74) is 5.96. The maximum atomic E-state index is 12.1. The molecule has 1 fully saturated rings. The number of carbonyl (C=O) groups excluding carboxylic acids is 2. The topological polar surface area (TPSA) is 75.4 Å². The number of hydrogen-bond acceptors (Lipinski definition) is 3. The van der Waals surface area contributed by atoms with E-state index in [4.69, 9.17) is 5.73 Å². The van der Waals surface area contributed by atoms with Gasteiger partial charge in [-0.2, -0.15) is 0 Å². The molecule has 0 radical (unpaired) electrons. The van der Waals surface area contributed by atoms with Gasteiger partial charge in [0.25, 0.3) is 0 Å². The van der Waals surface area contributed by atoms with Crippen LogP contribution in [0, 0.1) is 11.8 Å². The van der Waals surface area contributed by atoms with Crippen LogP contribution >= 0.6 is 0 Å². The molecule has 5 heteroatoms. The van der Waals surface area contributed by atoms with E-state index in [2.05, 4.69) is 12.2 Å². The van der Waals surface area contributed by atoms with Crippen LogP contribution in [0.1, 0.15) is 46.5 Å². The fraction of sp³-hybridized carbons (Fsp3) is 0.867. The Labute approximate surface area is 122 Å². The largest absolute Gasteiger partial charge is 0.355 e. The molecular formula is C15H29N3O2. The first kappa shape index (κ1) is 17.0. The zero-order chi connectivity index (χ0) is 15.1. The average molecular weight is 283 g/mol. The van der Waals surface area contributed by atoms with Crippen molar-refractivity contribution in [3.05, 3.63) is 0 Å². The van der Waals surface area contributed by atoms with E-state index in [1.807, 2.05) is 13.8 Å². The highest BCUT2D eigenvalue weighted by Crippen LogP contribution is 2.27. The number of nitrogens with two attached hydrogens (primary N) is 1. The molecule has 1 aliphatic carbocycles. The van der Waals surface area contributed by atoms with Crippen molar-refractivity contribution in [2.24, 2.45) is 17.6 Å². The average Bonchev–Trinajstić information content (AvgIpc) is 2.43. The van der Waals surface area contributed by atoms with Crippen molar-refractivity contribution in [3.8, 4) is 0 Å². The second-order valence-electron chi connectivity index (χ2n) is 5.76. The number of amides is 2. The molecule has 5 nitrogen and oxygen atoms in total. The highest BCUT2D eigenvalue weighted by Gasteiger charge is 2.29. The molecule has 0 saturated heterocycles. The van der Waals surface area contributed by atoms with Gasteiger partial charge in [0.05, 0.1) is 0 Å². The third-order valence-electron chi connectivity index (χ3n) is 4.36. The Morgan fingerprint density at radius 1 is 1.25 bits per heavy atom. The molecule has 1 aliphatic rings. The zero-order valence-corrected chi connectivity index (χ0v) is 13.0.